The third-order valence-corrected chi connectivity index (χ3v) is 6.19. The average molecular weight is 482 g/mol. The second-order valence-corrected chi connectivity index (χ2v) is 8.71. The van der Waals surface area contributed by atoms with Gasteiger partial charge in [0.1, 0.15) is 5.75 Å². The molecule has 1 unspecified atom stereocenters. The van der Waals surface area contributed by atoms with E-state index in [9.17, 15) is 18.4 Å². The lowest BCUT2D eigenvalue weighted by Crippen LogP contribution is -2.43. The van der Waals surface area contributed by atoms with Crippen molar-refractivity contribution in [1.82, 2.24) is 25.1 Å². The number of aromatic nitrogens is 4. The van der Waals surface area contributed by atoms with E-state index in [4.69, 9.17) is 0 Å². The number of para-hydroxylation sites is 1. The van der Waals surface area contributed by atoms with Crippen molar-refractivity contribution in [1.29, 1.82) is 0 Å². The van der Waals surface area contributed by atoms with Crippen molar-refractivity contribution < 1.29 is 23.1 Å². The summed E-state index contributed by atoms with van der Waals surface area (Å²) in [5, 5.41) is 14.9. The summed E-state index contributed by atoms with van der Waals surface area (Å²) in [4.78, 5) is 27.6. The number of carbonyl (C=O) groups excluding carboxylic acids is 2. The Balaban J connectivity index is 1.26. The summed E-state index contributed by atoms with van der Waals surface area (Å²) in [6.45, 7) is -2.41. The summed E-state index contributed by atoms with van der Waals surface area (Å²) < 4.78 is 31.8. The number of hydrogen-bond acceptors (Lipinski definition) is 6. The third-order valence-electron chi connectivity index (χ3n) is 6.19. The first-order valence-electron chi connectivity index (χ1n) is 11.5. The van der Waals surface area contributed by atoms with Crippen LogP contribution in [-0.2, 0) is 4.79 Å². The Morgan fingerprint density at radius 3 is 2.71 bits per heavy atom. The molecule has 9 nitrogen and oxygen atoms in total. The molecule has 1 aliphatic heterocycles. The number of carbonyl (C=O) groups is 2. The van der Waals surface area contributed by atoms with Gasteiger partial charge in [0.15, 0.2) is 5.82 Å². The number of benzene rings is 2. The number of ether oxygens (including phenoxy) is 1. The molecule has 0 bridgehead atoms. The lowest BCUT2D eigenvalue weighted by molar-refractivity contribution is -0.121. The Morgan fingerprint density at radius 2 is 1.91 bits per heavy atom. The maximum atomic E-state index is 13.0. The second-order valence-electron chi connectivity index (χ2n) is 8.71. The fourth-order valence-electron chi connectivity index (χ4n) is 4.32. The Morgan fingerprint density at radius 1 is 1.09 bits per heavy atom. The highest BCUT2D eigenvalue weighted by molar-refractivity contribution is 5.98. The standard InChI is InChI=1S/C24H24F2N6O3/c25-24(26)35-20-9-2-1-8-19(20)23(34)31-12-4-6-16(14-31)22(33)27-17-7-3-5-15(13-17)21-28-29-30-32(21)18-10-11-18/h1-3,5,7-9,13,16,18,24H,4,6,10-12,14H2,(H,27,33). The van der Waals surface area contributed by atoms with Gasteiger partial charge < -0.3 is 15.0 Å². The molecular formula is C24H24F2N6O3. The molecule has 0 spiro atoms. The molecule has 1 N–H and O–H groups in total. The van der Waals surface area contributed by atoms with Crippen molar-refractivity contribution in [3.63, 3.8) is 0 Å². The molecule has 35 heavy (non-hydrogen) atoms. The monoisotopic (exact) mass is 482 g/mol. The highest BCUT2D eigenvalue weighted by Crippen LogP contribution is 2.37. The van der Waals surface area contributed by atoms with E-state index in [-0.39, 0.29) is 23.8 Å². The molecule has 2 fully saturated rings. The van der Waals surface area contributed by atoms with Crippen LogP contribution in [0.5, 0.6) is 5.75 Å². The van der Waals surface area contributed by atoms with Gasteiger partial charge in [-0.05, 0) is 60.4 Å². The predicted octanol–water partition coefficient (Wildman–Crippen LogP) is 3.77. The van der Waals surface area contributed by atoms with Crippen LogP contribution < -0.4 is 10.1 Å². The quantitative estimate of drug-likeness (QED) is 0.550. The zero-order valence-corrected chi connectivity index (χ0v) is 18.8. The van der Waals surface area contributed by atoms with Gasteiger partial charge in [0.2, 0.25) is 5.91 Å². The molecule has 182 valence electrons. The van der Waals surface area contributed by atoms with Crippen LogP contribution in [-0.4, -0.2) is 56.6 Å². The molecule has 11 heteroatoms. The summed E-state index contributed by atoms with van der Waals surface area (Å²) in [7, 11) is 0. The first kappa shape index (κ1) is 22.9. The highest BCUT2D eigenvalue weighted by Gasteiger charge is 2.31. The molecule has 1 saturated heterocycles. The number of tetrazole rings is 1. The molecule has 1 atom stereocenters. The molecule has 5 rings (SSSR count). The van der Waals surface area contributed by atoms with Gasteiger partial charge in [-0.25, -0.2) is 4.68 Å². The second kappa shape index (κ2) is 9.77. The van der Waals surface area contributed by atoms with Crippen LogP contribution in [0.4, 0.5) is 14.5 Å². The molecule has 0 radical (unpaired) electrons. The summed E-state index contributed by atoms with van der Waals surface area (Å²) in [6, 6.07) is 13.5. The number of alkyl halides is 2. The van der Waals surface area contributed by atoms with Crippen molar-refractivity contribution in [3.8, 4) is 17.1 Å². The van der Waals surface area contributed by atoms with Crippen molar-refractivity contribution in [2.45, 2.75) is 38.3 Å². The summed E-state index contributed by atoms with van der Waals surface area (Å²) >= 11 is 0. The van der Waals surface area contributed by atoms with E-state index in [1.165, 1.54) is 23.1 Å². The van der Waals surface area contributed by atoms with Crippen LogP contribution >= 0.6 is 0 Å². The molecule has 1 saturated carbocycles. The molecule has 3 aromatic rings. The van der Waals surface area contributed by atoms with Crippen LogP contribution in [0.15, 0.2) is 48.5 Å². The molecular weight excluding hydrogens is 458 g/mol. The number of nitrogens with one attached hydrogen (secondary N) is 1. The molecule has 1 aromatic heterocycles. The first-order chi connectivity index (χ1) is 17.0. The minimum absolute atomic E-state index is 0.0509. The minimum atomic E-state index is -3.03. The largest absolute Gasteiger partial charge is 0.434 e. The summed E-state index contributed by atoms with van der Waals surface area (Å²) in [5.41, 5.74) is 1.46. The fraction of sp³-hybridized carbons (Fsp3) is 0.375. The number of likely N-dealkylation sites (tertiary alicyclic amines) is 1. The first-order valence-corrected chi connectivity index (χ1v) is 11.5. The van der Waals surface area contributed by atoms with Gasteiger partial charge in [-0.15, -0.1) is 5.10 Å². The number of piperidine rings is 1. The molecule has 2 amide bonds. The zero-order valence-electron chi connectivity index (χ0n) is 18.8. The maximum Gasteiger partial charge on any atom is 0.387 e. The van der Waals surface area contributed by atoms with Gasteiger partial charge in [-0.2, -0.15) is 8.78 Å². The Bertz CT molecular complexity index is 1230. The van der Waals surface area contributed by atoms with E-state index >= 15 is 0 Å². The molecule has 2 heterocycles. The SMILES string of the molecule is O=C(Nc1cccc(-c2nnnn2C2CC2)c1)C1CCCN(C(=O)c2ccccc2OC(F)F)C1. The van der Waals surface area contributed by atoms with E-state index in [0.717, 1.165) is 18.4 Å². The lowest BCUT2D eigenvalue weighted by atomic mass is 9.96. The van der Waals surface area contributed by atoms with Crippen LogP contribution in [0, 0.1) is 5.92 Å². The van der Waals surface area contributed by atoms with Crippen LogP contribution in [0.3, 0.4) is 0 Å². The van der Waals surface area contributed by atoms with E-state index in [1.54, 1.807) is 16.8 Å². The van der Waals surface area contributed by atoms with E-state index < -0.39 is 18.4 Å². The van der Waals surface area contributed by atoms with Crippen molar-refractivity contribution >= 4 is 17.5 Å². The van der Waals surface area contributed by atoms with Gasteiger partial charge in [-0.1, -0.05) is 24.3 Å². The Hall–Kier alpha value is -3.89. The highest BCUT2D eigenvalue weighted by atomic mass is 19.3. The van der Waals surface area contributed by atoms with Crippen LogP contribution in [0.2, 0.25) is 0 Å². The lowest BCUT2D eigenvalue weighted by Gasteiger charge is -2.32. The number of amides is 2. The van der Waals surface area contributed by atoms with E-state index in [2.05, 4.69) is 25.6 Å². The smallest absolute Gasteiger partial charge is 0.387 e. The van der Waals surface area contributed by atoms with Crippen molar-refractivity contribution in [3.05, 3.63) is 54.1 Å². The number of rotatable bonds is 7. The predicted molar refractivity (Wildman–Crippen MR) is 122 cm³/mol. The maximum absolute atomic E-state index is 13.0. The minimum Gasteiger partial charge on any atom is -0.434 e. The molecule has 1 aliphatic carbocycles. The normalized spacial score (nSPS) is 17.9. The average Bonchev–Trinajstić information content (AvgIpc) is 3.59. The zero-order chi connectivity index (χ0) is 24.4. The summed E-state index contributed by atoms with van der Waals surface area (Å²) in [6.07, 6.45) is 3.33. The number of anilines is 1. The van der Waals surface area contributed by atoms with Crippen molar-refractivity contribution in [2.24, 2.45) is 5.92 Å². The van der Waals surface area contributed by atoms with Gasteiger partial charge in [0.05, 0.1) is 17.5 Å². The Labute approximate surface area is 200 Å². The van der Waals surface area contributed by atoms with Gasteiger partial charge in [0.25, 0.3) is 5.91 Å². The van der Waals surface area contributed by atoms with Gasteiger partial charge in [0, 0.05) is 24.3 Å². The number of halogens is 2. The topological polar surface area (TPSA) is 102 Å². The summed E-state index contributed by atoms with van der Waals surface area (Å²) in [5.74, 6) is -0.602. The molecule has 2 aliphatic rings. The van der Waals surface area contributed by atoms with E-state index in [0.29, 0.717) is 36.9 Å². The Kier molecular flexibility index (Phi) is 6.39. The number of nitrogens with zero attached hydrogens (tertiary/aromatic N) is 5. The fourth-order valence-corrected chi connectivity index (χ4v) is 4.32. The number of hydrogen-bond donors (Lipinski definition) is 1. The van der Waals surface area contributed by atoms with Crippen molar-refractivity contribution in [2.75, 3.05) is 18.4 Å². The molecule has 2 aromatic carbocycles. The van der Waals surface area contributed by atoms with E-state index in [1.807, 2.05) is 18.2 Å². The third kappa shape index (κ3) is 5.13. The van der Waals surface area contributed by atoms with Crippen LogP contribution in [0.25, 0.3) is 11.4 Å². The van der Waals surface area contributed by atoms with Gasteiger partial charge in [-0.3, -0.25) is 9.59 Å². The van der Waals surface area contributed by atoms with Gasteiger partial charge >= 0.3 is 6.61 Å². The van der Waals surface area contributed by atoms with Crippen LogP contribution in [0.1, 0.15) is 42.1 Å².